The van der Waals surface area contributed by atoms with Gasteiger partial charge in [-0.05, 0) is 39.3 Å². The van der Waals surface area contributed by atoms with Crippen molar-refractivity contribution in [3.8, 4) is 0 Å². The molecule has 3 unspecified atom stereocenters. The van der Waals surface area contributed by atoms with Crippen molar-refractivity contribution < 1.29 is 31.5 Å². The summed E-state index contributed by atoms with van der Waals surface area (Å²) in [6.45, 7) is 6.24. The summed E-state index contributed by atoms with van der Waals surface area (Å²) in [4.78, 5) is 13.8. The lowest BCUT2D eigenvalue weighted by Crippen LogP contribution is -2.44. The Labute approximate surface area is 190 Å². The Kier molecular flexibility index (Phi) is 7.04. The lowest BCUT2D eigenvalue weighted by molar-refractivity contribution is -0.143. The van der Waals surface area contributed by atoms with Crippen LogP contribution in [0.2, 0.25) is 0 Å². The summed E-state index contributed by atoms with van der Waals surface area (Å²) in [5.41, 5.74) is -1.37. The molecule has 0 N–H and O–H groups in total. The number of rotatable bonds is 3. The smallest absolute Gasteiger partial charge is 0.433 e. The number of hydrogen-bond donors (Lipinski definition) is 0. The highest BCUT2D eigenvalue weighted by Crippen LogP contribution is 2.44. The molecule has 2 aliphatic rings. The van der Waals surface area contributed by atoms with Crippen LogP contribution in [0, 0.1) is 0 Å². The zero-order chi connectivity index (χ0) is 23.9. The molecule has 2 aliphatic heterocycles. The van der Waals surface area contributed by atoms with E-state index in [0.29, 0.717) is 13.0 Å². The Bertz CT molecular complexity index is 929. The molecule has 1 aromatic rings. The van der Waals surface area contributed by atoms with Gasteiger partial charge < -0.3 is 14.2 Å². The number of halogens is 3. The van der Waals surface area contributed by atoms with Gasteiger partial charge in [0.1, 0.15) is 21.7 Å². The van der Waals surface area contributed by atoms with E-state index in [2.05, 4.69) is 5.10 Å². The molecule has 0 radical (unpaired) electrons. The molecular formula is C19H27F3N4O4S2. The Morgan fingerprint density at radius 2 is 1.91 bits per heavy atom. The van der Waals surface area contributed by atoms with Crippen molar-refractivity contribution in [1.29, 1.82) is 0 Å². The Hall–Kier alpha value is -1.57. The average Bonchev–Trinajstić information content (AvgIpc) is 3.20. The number of ether oxygens (including phenoxy) is 1. The first-order chi connectivity index (χ1) is 14.7. The van der Waals surface area contributed by atoms with E-state index in [9.17, 15) is 26.7 Å². The molecule has 1 aromatic heterocycles. The van der Waals surface area contributed by atoms with Gasteiger partial charge in [0.15, 0.2) is 0 Å². The van der Waals surface area contributed by atoms with Crippen LogP contribution in [0.15, 0.2) is 18.2 Å². The molecule has 180 valence electrons. The van der Waals surface area contributed by atoms with Crippen molar-refractivity contribution in [3.63, 3.8) is 0 Å². The third-order valence-corrected chi connectivity index (χ3v) is 8.97. The maximum Gasteiger partial charge on any atom is 0.433 e. The van der Waals surface area contributed by atoms with Gasteiger partial charge in [-0.15, -0.1) is 4.31 Å². The minimum absolute atomic E-state index is 0.124. The number of carbonyl (C=O) groups excluding carboxylic acids is 1. The Balaban J connectivity index is 1.65. The minimum Gasteiger partial charge on any atom is -0.596 e. The van der Waals surface area contributed by atoms with Gasteiger partial charge in [-0.25, -0.2) is 4.79 Å². The van der Waals surface area contributed by atoms with Crippen LogP contribution in [0.5, 0.6) is 0 Å². The topological polar surface area (TPSA) is 90.7 Å². The minimum atomic E-state index is -4.54. The number of hydrogen-bond acceptors (Lipinski definition) is 6. The van der Waals surface area contributed by atoms with Crippen molar-refractivity contribution in [1.82, 2.24) is 19.0 Å². The Morgan fingerprint density at radius 3 is 2.50 bits per heavy atom. The molecule has 3 rings (SSSR count). The van der Waals surface area contributed by atoms with E-state index in [1.54, 1.807) is 26.8 Å². The van der Waals surface area contributed by atoms with Crippen molar-refractivity contribution in [2.75, 3.05) is 26.2 Å². The van der Waals surface area contributed by atoms with Crippen molar-refractivity contribution in [3.05, 3.63) is 29.6 Å². The summed E-state index contributed by atoms with van der Waals surface area (Å²) in [5, 5.41) is 3.32. The monoisotopic (exact) mass is 496 g/mol. The molecular weight excluding hydrogens is 469 g/mol. The van der Waals surface area contributed by atoms with Gasteiger partial charge in [0.05, 0.1) is 17.5 Å². The number of nitrogens with zero attached hydrogens (tertiary/aromatic N) is 4. The van der Waals surface area contributed by atoms with Crippen molar-refractivity contribution in [2.24, 2.45) is 7.05 Å². The summed E-state index contributed by atoms with van der Waals surface area (Å²) in [5.74, 6) is 0. The number of alkyl halides is 3. The van der Waals surface area contributed by atoms with Crippen molar-refractivity contribution in [2.45, 2.75) is 48.8 Å². The summed E-state index contributed by atoms with van der Waals surface area (Å²) in [7, 11) is -2.56. The molecule has 1 saturated heterocycles. The summed E-state index contributed by atoms with van der Waals surface area (Å²) >= 11 is 1.03. The second kappa shape index (κ2) is 8.99. The largest absolute Gasteiger partial charge is 0.596 e. The molecule has 8 nitrogen and oxygen atoms in total. The molecule has 3 atom stereocenters. The second-order valence-corrected chi connectivity index (χ2v) is 12.3. The summed E-state index contributed by atoms with van der Waals surface area (Å²) in [6.07, 6.45) is -1.51. The van der Waals surface area contributed by atoms with E-state index in [0.717, 1.165) is 22.5 Å². The molecule has 3 heterocycles. The molecule has 0 bridgehead atoms. The highest BCUT2D eigenvalue weighted by atomic mass is 32.3. The summed E-state index contributed by atoms with van der Waals surface area (Å²) < 4.78 is 72.0. The number of carbonyl (C=O) groups is 1. The van der Waals surface area contributed by atoms with Gasteiger partial charge in [0, 0.05) is 26.7 Å². The van der Waals surface area contributed by atoms with Gasteiger partial charge >= 0.3 is 12.3 Å². The van der Waals surface area contributed by atoms with Gasteiger partial charge in [0.25, 0.3) is 0 Å². The molecule has 0 spiro atoms. The van der Waals surface area contributed by atoms with E-state index in [1.165, 1.54) is 22.3 Å². The maximum atomic E-state index is 13.2. The van der Waals surface area contributed by atoms with Gasteiger partial charge in [0.2, 0.25) is 4.58 Å². The lowest BCUT2D eigenvalue weighted by Gasteiger charge is -2.30. The van der Waals surface area contributed by atoms with Crippen LogP contribution in [-0.4, -0.2) is 66.0 Å². The fourth-order valence-electron chi connectivity index (χ4n) is 3.46. The zero-order valence-electron chi connectivity index (χ0n) is 18.3. The van der Waals surface area contributed by atoms with Gasteiger partial charge in [-0.3, -0.25) is 4.68 Å². The quantitative estimate of drug-likeness (QED) is 0.469. The van der Waals surface area contributed by atoms with E-state index >= 15 is 0 Å². The highest BCUT2D eigenvalue weighted by molar-refractivity contribution is 8.15. The predicted octanol–water partition coefficient (Wildman–Crippen LogP) is 3.60. The zero-order valence-corrected chi connectivity index (χ0v) is 19.9. The fourth-order valence-corrected chi connectivity index (χ4v) is 6.96. The molecule has 0 aliphatic carbocycles. The van der Waals surface area contributed by atoms with Crippen LogP contribution in [0.1, 0.15) is 43.8 Å². The van der Waals surface area contributed by atoms with Crippen LogP contribution >= 0.6 is 11.8 Å². The van der Waals surface area contributed by atoms with E-state index in [4.69, 9.17) is 4.74 Å². The van der Waals surface area contributed by atoms with Gasteiger partial charge in [-0.2, -0.15) is 18.3 Å². The predicted molar refractivity (Wildman–Crippen MR) is 114 cm³/mol. The first-order valence-electron chi connectivity index (χ1n) is 10.1. The second-order valence-electron chi connectivity index (χ2n) is 8.65. The third-order valence-electron chi connectivity index (χ3n) is 4.96. The number of thioether (sulfide) groups is 1. The number of aryl methyl sites for hydroxylation is 1. The number of amides is 1. The third kappa shape index (κ3) is 5.67. The van der Waals surface area contributed by atoms with E-state index < -0.39 is 43.8 Å². The van der Waals surface area contributed by atoms with Crippen molar-refractivity contribution >= 4 is 28.3 Å². The van der Waals surface area contributed by atoms with Crippen LogP contribution < -0.4 is 0 Å². The van der Waals surface area contributed by atoms with Crippen LogP contribution in [0.3, 0.4) is 0 Å². The summed E-state index contributed by atoms with van der Waals surface area (Å²) in [6, 6.07) is 0.946. The standard InChI is InChI=1S/C19H27F3N4O4S2/c1-18(2,3)30-17(27)25-8-5-9-26(11-10-25)32(28,29)16-7-6-14(31-16)13-12-15(19(20,21)22)24(4)23-13/h6-7,12,14,16H,5,8-11H2,1-4H3. The van der Waals surface area contributed by atoms with Crippen LogP contribution in [-0.2, 0) is 32.6 Å². The number of sulfonamides is 1. The molecule has 1 amide bonds. The Morgan fingerprint density at radius 1 is 1.22 bits per heavy atom. The van der Waals surface area contributed by atoms with E-state index in [-0.39, 0.29) is 25.3 Å². The first kappa shape index (κ1) is 25.1. The molecule has 32 heavy (non-hydrogen) atoms. The number of aromatic nitrogens is 2. The van der Waals surface area contributed by atoms with Crippen LogP contribution in [0.25, 0.3) is 0 Å². The normalized spacial score (nSPS) is 24.9. The molecule has 0 saturated carbocycles. The SMILES string of the molecule is Cn1nc(C2C=CC([S+](=O)([O-])N3CCCN(C(=O)OC(C)(C)C)CC3)S2)cc1C(F)(F)F. The first-order valence-corrected chi connectivity index (χ1v) is 12.5. The fraction of sp³-hybridized carbons (Fsp3) is 0.684. The average molecular weight is 497 g/mol. The van der Waals surface area contributed by atoms with Gasteiger partial charge in [-0.1, -0.05) is 22.0 Å². The molecule has 1 fully saturated rings. The molecule has 0 aromatic carbocycles. The lowest BCUT2D eigenvalue weighted by atomic mass is 10.2. The maximum absolute atomic E-state index is 13.2. The highest BCUT2D eigenvalue weighted by Gasteiger charge is 2.43. The van der Waals surface area contributed by atoms with Crippen LogP contribution in [0.4, 0.5) is 18.0 Å². The van der Waals surface area contributed by atoms with E-state index in [1.807, 2.05) is 0 Å². The molecule has 13 heteroatoms.